The lowest BCUT2D eigenvalue weighted by molar-refractivity contribution is -0.319. The normalized spacial score (nSPS) is 49.1. The highest BCUT2D eigenvalue weighted by atomic mass is 19.1. The quantitative estimate of drug-likeness (QED) is 0.187. The second-order valence-corrected chi connectivity index (χ2v) is 17.6. The van der Waals surface area contributed by atoms with E-state index in [1.54, 1.807) is 27.7 Å². The molecular formula is C39H72FNO13. The molecule has 3 aliphatic rings. The largest absolute Gasteiger partial charge is 0.459 e. The summed E-state index contributed by atoms with van der Waals surface area (Å²) in [4.78, 5) is 16.2. The van der Waals surface area contributed by atoms with Gasteiger partial charge in [0, 0.05) is 43.9 Å². The van der Waals surface area contributed by atoms with Crippen LogP contribution in [0, 0.1) is 23.7 Å². The lowest BCUT2D eigenvalue weighted by Crippen LogP contribution is -2.62. The minimum absolute atomic E-state index is 0.0551. The second-order valence-electron chi connectivity index (χ2n) is 17.6. The van der Waals surface area contributed by atoms with E-state index in [1.807, 2.05) is 32.7 Å². The summed E-state index contributed by atoms with van der Waals surface area (Å²) in [7, 11) is 3.37. The summed E-state index contributed by atoms with van der Waals surface area (Å²) >= 11 is 0. The van der Waals surface area contributed by atoms with E-state index < -0.39 is 121 Å². The number of carbonyl (C=O) groups is 1. The van der Waals surface area contributed by atoms with Crippen LogP contribution in [0.25, 0.3) is 0 Å². The summed E-state index contributed by atoms with van der Waals surface area (Å²) in [6.45, 7) is 17.5. The Morgan fingerprint density at radius 2 is 1.52 bits per heavy atom. The van der Waals surface area contributed by atoms with Crippen molar-refractivity contribution >= 4 is 5.97 Å². The van der Waals surface area contributed by atoms with Gasteiger partial charge < -0.3 is 59.1 Å². The third-order valence-corrected chi connectivity index (χ3v) is 12.7. The van der Waals surface area contributed by atoms with Crippen LogP contribution in [0.2, 0.25) is 0 Å². The standard InChI is InChI=1S/C39H72FNO13/c1-19(2)41(12)26-16-21(4)50-36(30(26)43)54-34-23(6)31(53-28-18-38(10,49-13)33(45)25(8)51-28)24(7)35(46)52-27(14-15-40)39(11,48)32(44)22(5)29(42)20(3)17-37(34,9)47/h19-34,36,42-45,47-48H,14-18H2,1-13H3/t20-,21?,22+,23+,24-,25?,26?,27-,28?,29+,30?,31+,32-,33?,34-,36?,37-,38?,39-/m1/s1. The van der Waals surface area contributed by atoms with Gasteiger partial charge in [-0.3, -0.25) is 14.1 Å². The highest BCUT2D eigenvalue weighted by molar-refractivity contribution is 5.73. The summed E-state index contributed by atoms with van der Waals surface area (Å²) in [5.74, 6) is -4.67. The van der Waals surface area contributed by atoms with E-state index in [-0.39, 0.29) is 31.0 Å². The van der Waals surface area contributed by atoms with Crippen molar-refractivity contribution in [1.82, 2.24) is 4.90 Å². The van der Waals surface area contributed by atoms with Crippen LogP contribution >= 0.6 is 0 Å². The summed E-state index contributed by atoms with van der Waals surface area (Å²) < 4.78 is 51.1. The molecule has 3 saturated heterocycles. The number of aliphatic hydroxyl groups excluding tert-OH is 4. The van der Waals surface area contributed by atoms with Crippen molar-refractivity contribution in [2.75, 3.05) is 20.8 Å². The number of methoxy groups -OCH3 is 1. The highest BCUT2D eigenvalue weighted by Crippen LogP contribution is 2.41. The van der Waals surface area contributed by atoms with E-state index in [4.69, 9.17) is 28.4 Å². The predicted octanol–water partition coefficient (Wildman–Crippen LogP) is 2.31. The number of esters is 1. The molecule has 0 radical (unpaired) electrons. The van der Waals surface area contributed by atoms with Crippen LogP contribution in [0.3, 0.4) is 0 Å². The van der Waals surface area contributed by atoms with Crippen LogP contribution in [-0.2, 0) is 33.2 Å². The van der Waals surface area contributed by atoms with Gasteiger partial charge in [-0.25, -0.2) is 0 Å². The fourth-order valence-electron chi connectivity index (χ4n) is 8.82. The van der Waals surface area contributed by atoms with E-state index in [0.29, 0.717) is 6.42 Å². The average Bonchev–Trinajstić information content (AvgIpc) is 3.09. The van der Waals surface area contributed by atoms with Gasteiger partial charge in [0.15, 0.2) is 12.6 Å². The molecule has 3 aliphatic heterocycles. The number of hydrogen-bond donors (Lipinski definition) is 6. The first-order chi connectivity index (χ1) is 24.8. The van der Waals surface area contributed by atoms with Gasteiger partial charge >= 0.3 is 5.97 Å². The van der Waals surface area contributed by atoms with Crippen LogP contribution in [0.1, 0.15) is 102 Å². The SMILES string of the molecule is COC1(C)CC(O[C@H]2[C@H](C)[C@@H](OC3OC(C)CC(N(C)C(C)C)C3O)[C@](C)(O)C[C@@H](C)[C@H](O)[C@H](C)[C@@H](O)[C@](C)(O)[C@@H](CCF)OC(=O)[C@@H]2C)OC(C)C1O. The Hall–Kier alpha value is -1.08. The number of ether oxygens (including phenoxy) is 6. The van der Waals surface area contributed by atoms with Crippen LogP contribution < -0.4 is 0 Å². The Bertz CT molecular complexity index is 1200. The fraction of sp³-hybridized carbons (Fsp3) is 0.974. The maximum Gasteiger partial charge on any atom is 0.311 e. The number of rotatable bonds is 9. The molecule has 6 N–H and O–H groups in total. The first kappa shape index (κ1) is 47.3. The van der Waals surface area contributed by atoms with Crippen molar-refractivity contribution in [3.05, 3.63) is 0 Å². The molecule has 0 aromatic carbocycles. The third-order valence-electron chi connectivity index (χ3n) is 12.7. The first-order valence-corrected chi connectivity index (χ1v) is 19.7. The number of hydrogen-bond acceptors (Lipinski definition) is 14. The van der Waals surface area contributed by atoms with Crippen molar-refractivity contribution in [1.29, 1.82) is 0 Å². The molecule has 14 nitrogen and oxygen atoms in total. The van der Waals surface area contributed by atoms with Gasteiger partial charge in [0.05, 0.1) is 60.4 Å². The van der Waals surface area contributed by atoms with Gasteiger partial charge in [0.1, 0.15) is 23.9 Å². The Kier molecular flexibility index (Phi) is 16.4. The Labute approximate surface area is 321 Å². The summed E-state index contributed by atoms with van der Waals surface area (Å²) in [6, 6.07) is -0.260. The summed E-state index contributed by atoms with van der Waals surface area (Å²) in [5, 5.41) is 69.7. The zero-order chi connectivity index (χ0) is 41.2. The van der Waals surface area contributed by atoms with Gasteiger partial charge in [0.2, 0.25) is 0 Å². The molecule has 3 heterocycles. The van der Waals surface area contributed by atoms with Crippen LogP contribution in [0.5, 0.6) is 0 Å². The van der Waals surface area contributed by atoms with Crippen molar-refractivity contribution < 1.29 is 68.2 Å². The monoisotopic (exact) mass is 781 g/mol. The topological polar surface area (TPSA) is 197 Å². The molecule has 8 unspecified atom stereocenters. The van der Waals surface area contributed by atoms with Crippen molar-refractivity contribution in [2.45, 2.75) is 198 Å². The second kappa shape index (κ2) is 18.7. The van der Waals surface area contributed by atoms with Gasteiger partial charge in [0.25, 0.3) is 0 Å². The molecule has 0 aromatic heterocycles. The van der Waals surface area contributed by atoms with Crippen molar-refractivity contribution in [3.63, 3.8) is 0 Å². The zero-order valence-electron chi connectivity index (χ0n) is 34.7. The molecule has 15 heteroatoms. The maximum atomic E-state index is 14.1. The molecular weight excluding hydrogens is 709 g/mol. The molecule has 0 spiro atoms. The molecule has 0 aliphatic carbocycles. The predicted molar refractivity (Wildman–Crippen MR) is 197 cm³/mol. The van der Waals surface area contributed by atoms with Crippen LogP contribution in [-0.4, -0.2) is 159 Å². The van der Waals surface area contributed by atoms with Crippen molar-refractivity contribution in [2.24, 2.45) is 23.7 Å². The van der Waals surface area contributed by atoms with Crippen LogP contribution in [0.4, 0.5) is 4.39 Å². The molecule has 54 heavy (non-hydrogen) atoms. The number of halogens is 1. The first-order valence-electron chi connectivity index (χ1n) is 19.7. The smallest absolute Gasteiger partial charge is 0.311 e. The molecule has 3 fully saturated rings. The molecule has 0 aromatic rings. The van der Waals surface area contributed by atoms with Gasteiger partial charge in [-0.15, -0.1) is 0 Å². The maximum absolute atomic E-state index is 14.1. The number of aliphatic hydroxyl groups is 6. The molecule has 19 atom stereocenters. The van der Waals surface area contributed by atoms with Crippen LogP contribution in [0.15, 0.2) is 0 Å². The van der Waals surface area contributed by atoms with E-state index in [9.17, 15) is 39.8 Å². The lowest BCUT2D eigenvalue weighted by Gasteiger charge is -2.49. The van der Waals surface area contributed by atoms with E-state index in [0.717, 1.165) is 0 Å². The van der Waals surface area contributed by atoms with E-state index >= 15 is 0 Å². The third kappa shape index (κ3) is 10.3. The highest BCUT2D eigenvalue weighted by Gasteiger charge is 2.53. The summed E-state index contributed by atoms with van der Waals surface area (Å²) in [6.07, 6.45) is -12.3. The van der Waals surface area contributed by atoms with E-state index in [1.165, 1.54) is 34.8 Å². The van der Waals surface area contributed by atoms with Crippen molar-refractivity contribution in [3.8, 4) is 0 Å². The molecule has 0 saturated carbocycles. The van der Waals surface area contributed by atoms with Gasteiger partial charge in [-0.1, -0.05) is 20.8 Å². The minimum Gasteiger partial charge on any atom is -0.459 e. The number of carbonyl (C=O) groups excluding carboxylic acids is 1. The summed E-state index contributed by atoms with van der Waals surface area (Å²) in [5.41, 5.74) is -5.06. The molecule has 0 bridgehead atoms. The van der Waals surface area contributed by atoms with Gasteiger partial charge in [-0.2, -0.15) is 0 Å². The molecule has 318 valence electrons. The lowest BCUT2D eigenvalue weighted by atomic mass is 9.73. The zero-order valence-corrected chi connectivity index (χ0v) is 34.7. The number of likely N-dealkylation sites (N-methyl/N-ethyl adjacent to an activating group) is 1. The Morgan fingerprint density at radius 1 is 0.907 bits per heavy atom. The van der Waals surface area contributed by atoms with E-state index in [2.05, 4.69) is 0 Å². The number of nitrogens with zero attached hydrogens (tertiary/aromatic N) is 1. The minimum atomic E-state index is -2.18. The Morgan fingerprint density at radius 3 is 2.07 bits per heavy atom. The fourth-order valence-corrected chi connectivity index (χ4v) is 8.82. The van der Waals surface area contributed by atoms with Gasteiger partial charge in [-0.05, 0) is 81.2 Å². The number of cyclic esters (lactones) is 1. The Balaban J connectivity index is 2.20. The molecule has 3 rings (SSSR count). The number of alkyl halides is 1. The average molecular weight is 782 g/mol. The molecule has 0 amide bonds.